The molecule has 0 radical (unpaired) electrons. The number of fused-ring (bicyclic) bond motifs is 1. The molecule has 0 bridgehead atoms. The fraction of sp³-hybridized carbons (Fsp3) is 0.400. The van der Waals surface area contributed by atoms with Crippen molar-refractivity contribution >= 4 is 16.9 Å². The lowest BCUT2D eigenvalue weighted by Crippen LogP contribution is -2.24. The molecule has 0 aliphatic carbocycles. The largest absolute Gasteiger partial charge is 0.459 e. The van der Waals surface area contributed by atoms with Crippen LogP contribution in [0, 0.1) is 5.92 Å². The van der Waals surface area contributed by atoms with E-state index in [1.807, 2.05) is 6.07 Å². The molecule has 0 unspecified atom stereocenters. The molecule has 0 spiro atoms. The van der Waals surface area contributed by atoms with Crippen LogP contribution in [-0.4, -0.2) is 22.0 Å². The number of benzene rings is 1. The normalized spacial score (nSPS) is 11.3. The maximum atomic E-state index is 11.9. The molecular weight excluding hydrogens is 314 g/mol. The number of rotatable bonds is 8. The molecule has 0 aliphatic heterocycles. The summed E-state index contributed by atoms with van der Waals surface area (Å²) in [6.07, 6.45) is 4.32. The lowest BCUT2D eigenvalue weighted by Gasteiger charge is -2.11. The van der Waals surface area contributed by atoms with Gasteiger partial charge in [-0.05, 0) is 43.0 Å². The molecule has 132 valence electrons. The van der Waals surface area contributed by atoms with Crippen LogP contribution in [0.4, 0.5) is 0 Å². The average Bonchev–Trinajstić information content (AvgIpc) is 3.24. The monoisotopic (exact) mass is 339 g/mol. The molecule has 0 fully saturated rings. The minimum atomic E-state index is -0.168. The van der Waals surface area contributed by atoms with E-state index >= 15 is 0 Å². The fourth-order valence-electron chi connectivity index (χ4n) is 2.90. The molecule has 5 heteroatoms. The summed E-state index contributed by atoms with van der Waals surface area (Å²) in [5, 5.41) is 2.89. The summed E-state index contributed by atoms with van der Waals surface area (Å²) in [6, 6.07) is 11.7. The third-order valence-electron chi connectivity index (χ3n) is 4.27. The first-order chi connectivity index (χ1) is 12.1. The molecular formula is C20H25N3O2. The Morgan fingerprint density at radius 1 is 1.24 bits per heavy atom. The van der Waals surface area contributed by atoms with Crippen molar-refractivity contribution in [3.63, 3.8) is 0 Å². The van der Waals surface area contributed by atoms with Crippen LogP contribution >= 0.6 is 0 Å². The molecule has 3 aromatic rings. The quantitative estimate of drug-likeness (QED) is 0.630. The topological polar surface area (TPSA) is 60.1 Å². The number of imidazole rings is 1. The Morgan fingerprint density at radius 2 is 2.08 bits per heavy atom. The summed E-state index contributed by atoms with van der Waals surface area (Å²) >= 11 is 0. The van der Waals surface area contributed by atoms with Crippen molar-refractivity contribution in [2.75, 3.05) is 6.54 Å². The second-order valence-electron chi connectivity index (χ2n) is 6.69. The first-order valence-corrected chi connectivity index (χ1v) is 8.91. The van der Waals surface area contributed by atoms with E-state index in [4.69, 9.17) is 9.40 Å². The van der Waals surface area contributed by atoms with E-state index in [0.717, 1.165) is 37.1 Å². The van der Waals surface area contributed by atoms with E-state index in [1.165, 1.54) is 11.8 Å². The van der Waals surface area contributed by atoms with Gasteiger partial charge in [0, 0.05) is 19.5 Å². The van der Waals surface area contributed by atoms with Gasteiger partial charge in [-0.25, -0.2) is 4.98 Å². The Labute approximate surface area is 148 Å². The fourth-order valence-corrected chi connectivity index (χ4v) is 2.90. The highest BCUT2D eigenvalue weighted by Gasteiger charge is 2.11. The Hall–Kier alpha value is -2.56. The molecule has 2 heterocycles. The highest BCUT2D eigenvalue weighted by atomic mass is 16.3. The van der Waals surface area contributed by atoms with E-state index < -0.39 is 0 Å². The first kappa shape index (κ1) is 17.3. The molecule has 1 aromatic carbocycles. The van der Waals surface area contributed by atoms with Crippen molar-refractivity contribution in [3.8, 4) is 0 Å². The van der Waals surface area contributed by atoms with Crippen LogP contribution in [0.25, 0.3) is 11.0 Å². The van der Waals surface area contributed by atoms with Crippen LogP contribution in [0.2, 0.25) is 0 Å². The third-order valence-corrected chi connectivity index (χ3v) is 4.27. The summed E-state index contributed by atoms with van der Waals surface area (Å²) in [6.45, 7) is 6.06. The van der Waals surface area contributed by atoms with Gasteiger partial charge in [-0.15, -0.1) is 0 Å². The molecule has 0 atom stereocenters. The number of amides is 1. The lowest BCUT2D eigenvalue weighted by molar-refractivity contribution is 0.0925. The van der Waals surface area contributed by atoms with Gasteiger partial charge in [0.05, 0.1) is 17.3 Å². The van der Waals surface area contributed by atoms with Crippen LogP contribution in [-0.2, 0) is 13.0 Å². The molecule has 0 aliphatic rings. The number of aryl methyl sites for hydroxylation is 2. The molecule has 2 aromatic heterocycles. The van der Waals surface area contributed by atoms with Gasteiger partial charge in [0.25, 0.3) is 5.91 Å². The van der Waals surface area contributed by atoms with Crippen LogP contribution in [0.1, 0.15) is 43.1 Å². The van der Waals surface area contributed by atoms with Gasteiger partial charge in [-0.3, -0.25) is 4.79 Å². The summed E-state index contributed by atoms with van der Waals surface area (Å²) in [5.41, 5.74) is 2.23. The van der Waals surface area contributed by atoms with Gasteiger partial charge in [0.2, 0.25) is 0 Å². The predicted octanol–water partition coefficient (Wildman–Crippen LogP) is 4.04. The smallest absolute Gasteiger partial charge is 0.286 e. The molecule has 1 N–H and O–H groups in total. The number of para-hydroxylation sites is 2. The SMILES string of the molecule is CC(C)CCn1c(CCCNC(=O)c2ccco2)nc2ccccc21. The van der Waals surface area contributed by atoms with Gasteiger partial charge in [0.15, 0.2) is 5.76 Å². The Balaban J connectivity index is 1.62. The molecule has 0 saturated carbocycles. The second kappa shape index (κ2) is 8.01. The average molecular weight is 339 g/mol. The lowest BCUT2D eigenvalue weighted by atomic mass is 10.1. The van der Waals surface area contributed by atoms with Crippen molar-refractivity contribution in [2.24, 2.45) is 5.92 Å². The summed E-state index contributed by atoms with van der Waals surface area (Å²) in [5.74, 6) is 1.93. The minimum Gasteiger partial charge on any atom is -0.459 e. The second-order valence-corrected chi connectivity index (χ2v) is 6.69. The number of nitrogens with one attached hydrogen (secondary N) is 1. The zero-order chi connectivity index (χ0) is 17.6. The molecule has 25 heavy (non-hydrogen) atoms. The van der Waals surface area contributed by atoms with E-state index in [2.05, 4.69) is 41.9 Å². The van der Waals surface area contributed by atoms with Crippen molar-refractivity contribution in [1.29, 1.82) is 0 Å². The van der Waals surface area contributed by atoms with Crippen molar-refractivity contribution < 1.29 is 9.21 Å². The zero-order valence-electron chi connectivity index (χ0n) is 14.9. The van der Waals surface area contributed by atoms with Crippen LogP contribution < -0.4 is 5.32 Å². The van der Waals surface area contributed by atoms with Crippen LogP contribution in [0.5, 0.6) is 0 Å². The van der Waals surface area contributed by atoms with Gasteiger partial charge in [0.1, 0.15) is 5.82 Å². The number of carbonyl (C=O) groups excluding carboxylic acids is 1. The van der Waals surface area contributed by atoms with Crippen LogP contribution in [0.3, 0.4) is 0 Å². The standard InChI is InChI=1S/C20H25N3O2/c1-15(2)11-13-23-17-8-4-3-7-16(17)22-19(23)10-5-12-21-20(24)18-9-6-14-25-18/h3-4,6-9,14-15H,5,10-13H2,1-2H3,(H,21,24). The number of hydrogen-bond acceptors (Lipinski definition) is 3. The Morgan fingerprint density at radius 3 is 2.84 bits per heavy atom. The highest BCUT2D eigenvalue weighted by Crippen LogP contribution is 2.18. The minimum absolute atomic E-state index is 0.168. The number of aromatic nitrogens is 2. The Kier molecular flexibility index (Phi) is 5.53. The van der Waals surface area contributed by atoms with Crippen molar-refractivity contribution in [3.05, 3.63) is 54.2 Å². The summed E-state index contributed by atoms with van der Waals surface area (Å²) in [7, 11) is 0. The van der Waals surface area contributed by atoms with Crippen molar-refractivity contribution in [2.45, 2.75) is 39.7 Å². The Bertz CT molecular complexity index is 819. The summed E-state index contributed by atoms with van der Waals surface area (Å²) < 4.78 is 7.42. The van der Waals surface area contributed by atoms with E-state index in [9.17, 15) is 4.79 Å². The van der Waals surface area contributed by atoms with Gasteiger partial charge in [-0.2, -0.15) is 0 Å². The number of furan rings is 1. The van der Waals surface area contributed by atoms with E-state index in [1.54, 1.807) is 12.1 Å². The first-order valence-electron chi connectivity index (χ1n) is 8.91. The molecule has 1 amide bonds. The van der Waals surface area contributed by atoms with Crippen LogP contribution in [0.15, 0.2) is 47.1 Å². The zero-order valence-corrected chi connectivity index (χ0v) is 14.9. The maximum absolute atomic E-state index is 11.9. The van der Waals surface area contributed by atoms with E-state index in [-0.39, 0.29) is 5.91 Å². The molecule has 5 nitrogen and oxygen atoms in total. The highest BCUT2D eigenvalue weighted by molar-refractivity contribution is 5.91. The summed E-state index contributed by atoms with van der Waals surface area (Å²) in [4.78, 5) is 16.7. The van der Waals surface area contributed by atoms with Crippen molar-refractivity contribution in [1.82, 2.24) is 14.9 Å². The number of nitrogens with zero attached hydrogens (tertiary/aromatic N) is 2. The molecule has 0 saturated heterocycles. The predicted molar refractivity (Wildman–Crippen MR) is 98.6 cm³/mol. The third kappa shape index (κ3) is 4.29. The van der Waals surface area contributed by atoms with Gasteiger partial charge < -0.3 is 14.3 Å². The van der Waals surface area contributed by atoms with E-state index in [0.29, 0.717) is 18.2 Å². The number of hydrogen-bond donors (Lipinski definition) is 1. The van der Waals surface area contributed by atoms with Gasteiger partial charge >= 0.3 is 0 Å². The number of carbonyl (C=O) groups is 1. The molecule has 3 rings (SSSR count). The van der Waals surface area contributed by atoms with Gasteiger partial charge in [-0.1, -0.05) is 26.0 Å². The maximum Gasteiger partial charge on any atom is 0.286 e.